The molecule has 3 nitrogen and oxygen atoms in total. The molecule has 0 aromatic heterocycles. The zero-order valence-electron chi connectivity index (χ0n) is 9.89. The van der Waals surface area contributed by atoms with Crippen molar-refractivity contribution in [3.8, 4) is 0 Å². The maximum Gasteiger partial charge on any atom is -0.00184 e. The Morgan fingerprint density at radius 1 is 1.07 bits per heavy atom. The second-order valence-electron chi connectivity index (χ2n) is 3.74. The molecule has 0 saturated heterocycles. The predicted molar refractivity (Wildman–Crippen MR) is 63.6 cm³/mol. The summed E-state index contributed by atoms with van der Waals surface area (Å²) < 4.78 is 0. The van der Waals surface area contributed by atoms with Crippen LogP contribution in [0.1, 0.15) is 32.6 Å². The van der Waals surface area contributed by atoms with Crippen molar-refractivity contribution in [3.63, 3.8) is 0 Å². The summed E-state index contributed by atoms with van der Waals surface area (Å²) in [7, 11) is 2.01. The lowest BCUT2D eigenvalue weighted by Crippen LogP contribution is -2.26. The van der Waals surface area contributed by atoms with E-state index in [9.17, 15) is 0 Å². The molecule has 0 fully saturated rings. The van der Waals surface area contributed by atoms with E-state index in [0.29, 0.717) is 0 Å². The van der Waals surface area contributed by atoms with Crippen LogP contribution in [-0.2, 0) is 0 Å². The minimum atomic E-state index is 0.831. The third-order valence-electron chi connectivity index (χ3n) is 2.53. The fourth-order valence-corrected chi connectivity index (χ4v) is 1.54. The summed E-state index contributed by atoms with van der Waals surface area (Å²) >= 11 is 0. The van der Waals surface area contributed by atoms with Crippen molar-refractivity contribution in [2.45, 2.75) is 32.6 Å². The Morgan fingerprint density at radius 3 is 2.21 bits per heavy atom. The van der Waals surface area contributed by atoms with Gasteiger partial charge in [0.1, 0.15) is 0 Å². The van der Waals surface area contributed by atoms with Gasteiger partial charge in [-0.25, -0.2) is 0 Å². The third kappa shape index (κ3) is 8.48. The zero-order chi connectivity index (χ0) is 10.6. The fraction of sp³-hybridized carbons (Fsp3) is 1.00. The maximum atomic E-state index is 5.47. The normalized spacial score (nSPS) is 11.1. The van der Waals surface area contributed by atoms with Crippen molar-refractivity contribution in [1.82, 2.24) is 10.2 Å². The lowest BCUT2D eigenvalue weighted by molar-refractivity contribution is 0.276. The highest BCUT2D eigenvalue weighted by Gasteiger charge is 2.00. The summed E-state index contributed by atoms with van der Waals surface area (Å²) in [4.78, 5) is 2.52. The van der Waals surface area contributed by atoms with E-state index < -0.39 is 0 Å². The Morgan fingerprint density at radius 2 is 1.71 bits per heavy atom. The second-order valence-corrected chi connectivity index (χ2v) is 3.74. The molecular formula is C11H27N3. The van der Waals surface area contributed by atoms with Crippen molar-refractivity contribution >= 4 is 0 Å². The fourth-order valence-electron chi connectivity index (χ4n) is 1.54. The van der Waals surface area contributed by atoms with Gasteiger partial charge in [-0.1, -0.05) is 6.92 Å². The molecule has 3 heteroatoms. The Kier molecular flexibility index (Phi) is 10.9. The number of nitrogens with one attached hydrogen (secondary N) is 1. The summed E-state index contributed by atoms with van der Waals surface area (Å²) in [5.41, 5.74) is 5.47. The van der Waals surface area contributed by atoms with Gasteiger partial charge in [0.15, 0.2) is 0 Å². The highest BCUT2D eigenvalue weighted by molar-refractivity contribution is 4.57. The summed E-state index contributed by atoms with van der Waals surface area (Å²) in [5, 5.41) is 3.18. The van der Waals surface area contributed by atoms with Crippen molar-refractivity contribution in [1.29, 1.82) is 0 Å². The minimum absolute atomic E-state index is 0.831. The summed E-state index contributed by atoms with van der Waals surface area (Å²) in [5.74, 6) is 0. The topological polar surface area (TPSA) is 41.3 Å². The molecule has 0 bridgehead atoms. The van der Waals surface area contributed by atoms with Gasteiger partial charge in [-0.15, -0.1) is 0 Å². The van der Waals surface area contributed by atoms with Crippen LogP contribution in [0.15, 0.2) is 0 Å². The highest BCUT2D eigenvalue weighted by atomic mass is 15.1. The van der Waals surface area contributed by atoms with Crippen LogP contribution in [0.3, 0.4) is 0 Å². The Balaban J connectivity index is 3.28. The van der Waals surface area contributed by atoms with Gasteiger partial charge in [0.25, 0.3) is 0 Å². The van der Waals surface area contributed by atoms with E-state index in [1.807, 2.05) is 7.05 Å². The van der Waals surface area contributed by atoms with Crippen molar-refractivity contribution in [2.75, 3.05) is 39.8 Å². The molecule has 0 spiro atoms. The largest absolute Gasteiger partial charge is 0.330 e. The number of nitrogens with two attached hydrogens (primary N) is 1. The molecule has 0 aliphatic carbocycles. The summed E-state index contributed by atoms with van der Waals surface area (Å²) in [6.45, 7) is 7.83. The molecule has 0 heterocycles. The maximum absolute atomic E-state index is 5.47. The minimum Gasteiger partial charge on any atom is -0.330 e. The summed E-state index contributed by atoms with van der Waals surface area (Å²) in [6, 6.07) is 0. The molecular weight excluding hydrogens is 174 g/mol. The molecule has 14 heavy (non-hydrogen) atoms. The van der Waals surface area contributed by atoms with Crippen molar-refractivity contribution < 1.29 is 0 Å². The van der Waals surface area contributed by atoms with Gasteiger partial charge >= 0.3 is 0 Å². The monoisotopic (exact) mass is 201 g/mol. The summed E-state index contributed by atoms with van der Waals surface area (Å²) in [6.07, 6.45) is 4.99. The molecule has 86 valence electrons. The first-order chi connectivity index (χ1) is 6.85. The molecule has 0 aromatic carbocycles. The van der Waals surface area contributed by atoms with E-state index in [4.69, 9.17) is 5.73 Å². The molecule has 3 N–H and O–H groups in total. The van der Waals surface area contributed by atoms with Crippen molar-refractivity contribution in [3.05, 3.63) is 0 Å². The SMILES string of the molecule is CCN(CCCCN)CCCCNC. The quantitative estimate of drug-likeness (QED) is 0.519. The third-order valence-corrected chi connectivity index (χ3v) is 2.53. The lowest BCUT2D eigenvalue weighted by atomic mass is 10.2. The van der Waals surface area contributed by atoms with Crippen LogP contribution in [0.5, 0.6) is 0 Å². The molecule has 0 saturated carbocycles. The van der Waals surface area contributed by atoms with Crippen LogP contribution in [0.2, 0.25) is 0 Å². The van der Waals surface area contributed by atoms with Gasteiger partial charge in [0.05, 0.1) is 0 Å². The number of nitrogens with zero attached hydrogens (tertiary/aromatic N) is 1. The molecule has 0 amide bonds. The van der Waals surface area contributed by atoms with Gasteiger partial charge < -0.3 is 16.0 Å². The number of hydrogen-bond acceptors (Lipinski definition) is 3. The van der Waals surface area contributed by atoms with Crippen LogP contribution < -0.4 is 11.1 Å². The Bertz CT molecular complexity index is 107. The van der Waals surface area contributed by atoms with E-state index >= 15 is 0 Å². The lowest BCUT2D eigenvalue weighted by Gasteiger charge is -2.19. The molecule has 0 aliphatic heterocycles. The Labute approximate surface area is 89.0 Å². The van der Waals surface area contributed by atoms with E-state index in [1.165, 1.54) is 38.9 Å². The van der Waals surface area contributed by atoms with Gasteiger partial charge in [-0.2, -0.15) is 0 Å². The first-order valence-electron chi connectivity index (χ1n) is 5.92. The average molecular weight is 201 g/mol. The van der Waals surface area contributed by atoms with Crippen LogP contribution >= 0.6 is 0 Å². The average Bonchev–Trinajstić information content (AvgIpc) is 2.22. The van der Waals surface area contributed by atoms with Gasteiger partial charge in [0.2, 0.25) is 0 Å². The van der Waals surface area contributed by atoms with Gasteiger partial charge in [0, 0.05) is 0 Å². The predicted octanol–water partition coefficient (Wildman–Crippen LogP) is 1.05. The molecule has 0 aromatic rings. The van der Waals surface area contributed by atoms with E-state index in [2.05, 4.69) is 17.1 Å². The van der Waals surface area contributed by atoms with E-state index in [-0.39, 0.29) is 0 Å². The Hall–Kier alpha value is -0.120. The number of hydrogen-bond donors (Lipinski definition) is 2. The molecule has 0 rings (SSSR count). The molecule has 0 aliphatic rings. The zero-order valence-corrected chi connectivity index (χ0v) is 9.89. The van der Waals surface area contributed by atoms with Crippen LogP contribution in [0, 0.1) is 0 Å². The number of rotatable bonds is 10. The van der Waals surface area contributed by atoms with Crippen LogP contribution in [-0.4, -0.2) is 44.7 Å². The molecule has 0 radical (unpaired) electrons. The van der Waals surface area contributed by atoms with Crippen LogP contribution in [0.4, 0.5) is 0 Å². The smallest absolute Gasteiger partial charge is 0.00184 e. The van der Waals surface area contributed by atoms with Gasteiger partial charge in [-0.05, 0) is 65.5 Å². The van der Waals surface area contributed by atoms with E-state index in [0.717, 1.165) is 19.5 Å². The standard InChI is InChI=1S/C11H27N3/c1-3-14(10-6-4-8-12)11-7-5-9-13-2/h13H,3-12H2,1-2H3. The van der Waals surface area contributed by atoms with Crippen molar-refractivity contribution in [2.24, 2.45) is 5.73 Å². The highest BCUT2D eigenvalue weighted by Crippen LogP contribution is 1.97. The van der Waals surface area contributed by atoms with E-state index in [1.54, 1.807) is 0 Å². The first kappa shape index (κ1) is 13.9. The van der Waals surface area contributed by atoms with Gasteiger partial charge in [-0.3, -0.25) is 0 Å². The van der Waals surface area contributed by atoms with Crippen LogP contribution in [0.25, 0.3) is 0 Å². The second kappa shape index (κ2) is 11.0. The first-order valence-corrected chi connectivity index (χ1v) is 5.92. The number of unbranched alkanes of at least 4 members (excludes halogenated alkanes) is 2. The molecule has 0 unspecified atom stereocenters. The molecule has 0 atom stereocenters.